The summed E-state index contributed by atoms with van der Waals surface area (Å²) >= 11 is 0. The van der Waals surface area contributed by atoms with E-state index < -0.39 is 5.54 Å². The van der Waals surface area contributed by atoms with Crippen molar-refractivity contribution < 1.29 is 5.11 Å². The quantitative estimate of drug-likeness (QED) is 0.481. The van der Waals surface area contributed by atoms with Crippen LogP contribution in [-0.2, 0) is 0 Å². The van der Waals surface area contributed by atoms with Gasteiger partial charge in [-0.1, -0.05) is 19.8 Å². The van der Waals surface area contributed by atoms with Crippen LogP contribution in [0.5, 0.6) is 0 Å². The number of hydrogen-bond acceptors (Lipinski definition) is 8. The van der Waals surface area contributed by atoms with E-state index in [0.29, 0.717) is 11.3 Å². The third-order valence-electron chi connectivity index (χ3n) is 6.44. The number of pyridine rings is 3. The molecule has 0 radical (unpaired) electrons. The Balaban J connectivity index is 1.59. The van der Waals surface area contributed by atoms with Gasteiger partial charge in [0, 0.05) is 55.8 Å². The highest BCUT2D eigenvalue weighted by Gasteiger charge is 2.24. The average molecular weight is 450 g/mol. The summed E-state index contributed by atoms with van der Waals surface area (Å²) in [5, 5.41) is 13.5. The van der Waals surface area contributed by atoms with Crippen molar-refractivity contribution in [1.29, 1.82) is 0 Å². The van der Waals surface area contributed by atoms with E-state index in [4.69, 9.17) is 15.7 Å². The van der Waals surface area contributed by atoms with Crippen molar-refractivity contribution in [3.8, 4) is 11.1 Å². The Morgan fingerprint density at radius 1 is 1.09 bits per heavy atom. The Kier molecular flexibility index (Phi) is 6.95. The number of aromatic nitrogens is 3. The lowest BCUT2D eigenvalue weighted by Gasteiger charge is -2.33. The molecule has 33 heavy (non-hydrogen) atoms. The number of nitrogens with zero attached hydrogens (tertiary/aromatic N) is 5. The maximum atomic E-state index is 9.99. The summed E-state index contributed by atoms with van der Waals surface area (Å²) in [6.07, 6.45) is 6.69. The fourth-order valence-corrected chi connectivity index (χ4v) is 4.24. The van der Waals surface area contributed by atoms with Crippen molar-refractivity contribution in [3.63, 3.8) is 0 Å². The number of hydrogen-bond donors (Lipinski definition) is 3. The summed E-state index contributed by atoms with van der Waals surface area (Å²) in [5.74, 6) is 1.42. The van der Waals surface area contributed by atoms with Crippen LogP contribution in [0.15, 0.2) is 36.7 Å². The smallest absolute Gasteiger partial charge is 0.128 e. The average Bonchev–Trinajstić information content (AvgIpc) is 2.83. The molecule has 0 aromatic carbocycles. The van der Waals surface area contributed by atoms with E-state index >= 15 is 0 Å². The molecule has 1 aliphatic heterocycles. The number of rotatable bonds is 8. The van der Waals surface area contributed by atoms with Gasteiger partial charge in [-0.15, -0.1) is 0 Å². The van der Waals surface area contributed by atoms with Crippen molar-refractivity contribution >= 4 is 28.4 Å². The summed E-state index contributed by atoms with van der Waals surface area (Å²) in [4.78, 5) is 18.6. The Morgan fingerprint density at radius 2 is 1.85 bits per heavy atom. The van der Waals surface area contributed by atoms with Gasteiger partial charge in [0.2, 0.25) is 0 Å². The van der Waals surface area contributed by atoms with E-state index in [0.717, 1.165) is 73.6 Å². The molecule has 4 N–H and O–H groups in total. The zero-order chi connectivity index (χ0) is 23.4. The number of unbranched alkanes of at least 4 members (excludes halogenated alkanes) is 1. The van der Waals surface area contributed by atoms with Gasteiger partial charge in [0.15, 0.2) is 0 Å². The number of nitrogen functional groups attached to an aromatic ring is 1. The topological polar surface area (TPSA) is 103 Å². The van der Waals surface area contributed by atoms with Crippen LogP contribution in [0, 0.1) is 0 Å². The monoisotopic (exact) mass is 449 g/mol. The first-order valence-corrected chi connectivity index (χ1v) is 11.8. The molecule has 0 bridgehead atoms. The summed E-state index contributed by atoms with van der Waals surface area (Å²) < 4.78 is 0. The number of aliphatic hydroxyl groups excluding tert-OH is 1. The van der Waals surface area contributed by atoms with Crippen LogP contribution in [0.3, 0.4) is 0 Å². The molecular formula is C25H35N7O. The van der Waals surface area contributed by atoms with Crippen molar-refractivity contribution in [1.82, 2.24) is 19.9 Å². The molecule has 1 aliphatic rings. The van der Waals surface area contributed by atoms with Crippen LogP contribution in [0.25, 0.3) is 22.2 Å². The third-order valence-corrected chi connectivity index (χ3v) is 6.44. The highest BCUT2D eigenvalue weighted by atomic mass is 16.3. The molecule has 1 saturated heterocycles. The van der Waals surface area contributed by atoms with Crippen LogP contribution in [0.4, 0.5) is 17.3 Å². The third kappa shape index (κ3) is 5.34. The minimum absolute atomic E-state index is 0.0279. The zero-order valence-corrected chi connectivity index (χ0v) is 19.9. The molecule has 8 heteroatoms. The van der Waals surface area contributed by atoms with Crippen molar-refractivity contribution in [2.75, 3.05) is 55.8 Å². The maximum Gasteiger partial charge on any atom is 0.128 e. The van der Waals surface area contributed by atoms with Crippen LogP contribution < -0.4 is 16.0 Å². The van der Waals surface area contributed by atoms with Gasteiger partial charge in [-0.25, -0.2) is 9.97 Å². The van der Waals surface area contributed by atoms with E-state index in [-0.39, 0.29) is 6.61 Å². The number of nitrogens with one attached hydrogen (secondary N) is 1. The molecular weight excluding hydrogens is 414 g/mol. The SMILES string of the molecule is CCCC[C@](C)(CO)Nc1cc(N)nc2cc(-c3ccc(N4CCN(C)CC4)nc3)cnc12. The summed E-state index contributed by atoms with van der Waals surface area (Å²) in [5.41, 5.74) is 9.86. The van der Waals surface area contributed by atoms with Crippen LogP contribution in [0.2, 0.25) is 0 Å². The number of piperazine rings is 1. The standard InChI is InChI=1S/C25H35N7O/c1-4-5-8-25(2,17-33)30-21-14-22(26)29-20-13-19(16-28-24(20)21)18-6-7-23(27-15-18)32-11-9-31(3)10-12-32/h6-7,13-16,33H,4-5,8-12,17H2,1-3H3,(H3,26,29,30)/t25-/m1/s1. The second kappa shape index (κ2) is 9.89. The Morgan fingerprint density at radius 3 is 2.52 bits per heavy atom. The number of likely N-dealkylation sites (N-methyl/N-ethyl adjacent to an activating group) is 1. The number of nitrogens with two attached hydrogens (primary N) is 1. The Hall–Kier alpha value is -2.97. The van der Waals surface area contributed by atoms with Gasteiger partial charge in [-0.05, 0) is 38.6 Å². The van der Waals surface area contributed by atoms with E-state index in [1.807, 2.05) is 25.4 Å². The van der Waals surface area contributed by atoms with Crippen molar-refractivity contribution in [2.24, 2.45) is 0 Å². The molecule has 0 aliphatic carbocycles. The predicted molar refractivity (Wildman–Crippen MR) is 136 cm³/mol. The molecule has 0 unspecified atom stereocenters. The molecule has 0 spiro atoms. The predicted octanol–water partition coefficient (Wildman–Crippen LogP) is 3.38. The molecule has 1 atom stereocenters. The molecule has 176 valence electrons. The van der Waals surface area contributed by atoms with E-state index in [2.05, 4.69) is 46.2 Å². The fourth-order valence-electron chi connectivity index (χ4n) is 4.24. The van der Waals surface area contributed by atoms with Gasteiger partial charge in [-0.2, -0.15) is 0 Å². The highest BCUT2D eigenvalue weighted by molar-refractivity contribution is 5.91. The number of anilines is 3. The molecule has 3 aromatic rings. The second-order valence-electron chi connectivity index (χ2n) is 9.33. The number of aliphatic hydroxyl groups is 1. The first-order valence-electron chi connectivity index (χ1n) is 11.8. The zero-order valence-electron chi connectivity index (χ0n) is 19.9. The van der Waals surface area contributed by atoms with Crippen LogP contribution in [-0.4, -0.2) is 70.3 Å². The molecule has 4 rings (SSSR count). The van der Waals surface area contributed by atoms with Crippen LogP contribution >= 0.6 is 0 Å². The molecule has 8 nitrogen and oxygen atoms in total. The lowest BCUT2D eigenvalue weighted by molar-refractivity contribution is 0.212. The molecule has 1 fully saturated rings. The minimum atomic E-state index is -0.444. The molecule has 4 heterocycles. The Labute approximate surface area is 195 Å². The lowest BCUT2D eigenvalue weighted by atomic mass is 9.95. The van der Waals surface area contributed by atoms with Gasteiger partial charge in [0.1, 0.15) is 17.2 Å². The van der Waals surface area contributed by atoms with Crippen molar-refractivity contribution in [3.05, 3.63) is 36.7 Å². The minimum Gasteiger partial charge on any atom is -0.394 e. The summed E-state index contributed by atoms with van der Waals surface area (Å²) in [7, 11) is 2.15. The van der Waals surface area contributed by atoms with E-state index in [1.165, 1.54) is 0 Å². The van der Waals surface area contributed by atoms with Crippen molar-refractivity contribution in [2.45, 2.75) is 38.6 Å². The van der Waals surface area contributed by atoms with Gasteiger partial charge >= 0.3 is 0 Å². The molecule has 0 amide bonds. The normalized spacial score (nSPS) is 16.7. The first kappa shape index (κ1) is 23.2. The lowest BCUT2D eigenvalue weighted by Crippen LogP contribution is -2.44. The fraction of sp³-hybridized carbons (Fsp3) is 0.480. The summed E-state index contributed by atoms with van der Waals surface area (Å²) in [6, 6.07) is 7.95. The number of fused-ring (bicyclic) bond motifs is 1. The highest BCUT2D eigenvalue weighted by Crippen LogP contribution is 2.30. The largest absolute Gasteiger partial charge is 0.394 e. The van der Waals surface area contributed by atoms with Gasteiger partial charge in [-0.3, -0.25) is 4.98 Å². The van der Waals surface area contributed by atoms with Gasteiger partial charge in [0.05, 0.1) is 23.3 Å². The van der Waals surface area contributed by atoms with Gasteiger partial charge in [0.25, 0.3) is 0 Å². The first-order chi connectivity index (χ1) is 15.9. The Bertz CT molecular complexity index is 1080. The van der Waals surface area contributed by atoms with E-state index in [1.54, 1.807) is 6.07 Å². The molecule has 3 aromatic heterocycles. The van der Waals surface area contributed by atoms with E-state index in [9.17, 15) is 5.11 Å². The van der Waals surface area contributed by atoms with Gasteiger partial charge < -0.3 is 26.0 Å². The molecule has 0 saturated carbocycles. The van der Waals surface area contributed by atoms with Crippen LogP contribution in [0.1, 0.15) is 33.1 Å². The second-order valence-corrected chi connectivity index (χ2v) is 9.33. The maximum absolute atomic E-state index is 9.99. The summed E-state index contributed by atoms with van der Waals surface area (Å²) in [6.45, 7) is 8.28.